The number of likely N-dealkylation sites (N-methyl/N-ethyl adjacent to an activating group) is 1. The molecule has 1 amide bonds. The van der Waals surface area contributed by atoms with Gasteiger partial charge in [-0.25, -0.2) is 4.79 Å². The van der Waals surface area contributed by atoms with Crippen LogP contribution >= 0.6 is 0 Å². The van der Waals surface area contributed by atoms with E-state index in [0.717, 1.165) is 79.9 Å². The first-order valence-electron chi connectivity index (χ1n) is 19.4. The quantitative estimate of drug-likeness (QED) is 0.0699. The number of amides is 1. The Bertz CT molecular complexity index is 1580. The molecule has 0 spiro atoms. The van der Waals surface area contributed by atoms with Crippen LogP contribution in [0.4, 0.5) is 4.79 Å². The van der Waals surface area contributed by atoms with Crippen molar-refractivity contribution in [2.75, 3.05) is 59.7 Å². The van der Waals surface area contributed by atoms with Crippen molar-refractivity contribution in [3.8, 4) is 11.5 Å². The maximum atomic E-state index is 14.0. The molecule has 2 aliphatic heterocycles. The fraction of sp³-hybridized carbons (Fsp3) is 0.571. The lowest BCUT2D eigenvalue weighted by molar-refractivity contribution is -0.253. The summed E-state index contributed by atoms with van der Waals surface area (Å²) in [6.45, 7) is 10.6. The monoisotopic (exact) mass is 731 g/mol. The molecule has 288 valence electrons. The molecule has 6 rings (SSSR count). The highest BCUT2D eigenvalue weighted by molar-refractivity contribution is 6.02. The maximum Gasteiger partial charge on any atom is 0.410 e. The van der Waals surface area contributed by atoms with Crippen LogP contribution < -0.4 is 9.47 Å². The van der Waals surface area contributed by atoms with Gasteiger partial charge in [-0.05, 0) is 73.8 Å². The Morgan fingerprint density at radius 3 is 2.58 bits per heavy atom. The van der Waals surface area contributed by atoms with Crippen LogP contribution in [-0.2, 0) is 20.9 Å². The molecule has 11 nitrogen and oxygen atoms in total. The van der Waals surface area contributed by atoms with Crippen molar-refractivity contribution in [1.82, 2.24) is 9.80 Å². The Morgan fingerprint density at radius 1 is 1.09 bits per heavy atom. The third-order valence-electron chi connectivity index (χ3n) is 11.1. The molecule has 1 saturated carbocycles. The second-order valence-electron chi connectivity index (χ2n) is 14.5. The van der Waals surface area contributed by atoms with Gasteiger partial charge in [-0.2, -0.15) is 0 Å². The number of unbranched alkanes of at least 4 members (excludes halogenated alkanes) is 2. The third kappa shape index (κ3) is 8.91. The van der Waals surface area contributed by atoms with Gasteiger partial charge in [0.05, 0.1) is 18.2 Å². The molecule has 2 fully saturated rings. The average molecular weight is 732 g/mol. The summed E-state index contributed by atoms with van der Waals surface area (Å²) in [5.74, 6) is -0.0393. The van der Waals surface area contributed by atoms with Gasteiger partial charge in [0, 0.05) is 57.8 Å². The van der Waals surface area contributed by atoms with Crippen molar-refractivity contribution in [2.24, 2.45) is 22.9 Å². The van der Waals surface area contributed by atoms with Crippen LogP contribution in [0.2, 0.25) is 0 Å². The molecule has 2 N–H and O–H groups in total. The Kier molecular flexibility index (Phi) is 13.5. The highest BCUT2D eigenvalue weighted by Crippen LogP contribution is 2.61. The molecule has 53 heavy (non-hydrogen) atoms. The molecule has 1 saturated heterocycles. The second kappa shape index (κ2) is 18.4. The summed E-state index contributed by atoms with van der Waals surface area (Å²) in [5, 5.41) is 24.3. The number of nitrogens with zero attached hydrogens (tertiary/aromatic N) is 3. The maximum absolute atomic E-state index is 14.0. The fourth-order valence-corrected chi connectivity index (χ4v) is 8.50. The highest BCUT2D eigenvalue weighted by Gasteiger charge is 2.65. The van der Waals surface area contributed by atoms with Crippen molar-refractivity contribution < 1.29 is 38.8 Å². The normalized spacial score (nSPS) is 26.5. The average Bonchev–Trinajstić information content (AvgIpc) is 4.01. The molecule has 11 heteroatoms. The molecule has 6 atom stereocenters. The van der Waals surface area contributed by atoms with E-state index < -0.39 is 17.9 Å². The fourth-order valence-electron chi connectivity index (χ4n) is 8.50. The van der Waals surface area contributed by atoms with Crippen LogP contribution in [0.5, 0.6) is 11.5 Å². The van der Waals surface area contributed by atoms with Gasteiger partial charge in [-0.1, -0.05) is 60.5 Å². The van der Waals surface area contributed by atoms with Gasteiger partial charge in [-0.3, -0.25) is 4.90 Å². The zero-order chi connectivity index (χ0) is 37.2. The predicted octanol–water partition coefficient (Wildman–Crippen LogP) is 6.30. The van der Waals surface area contributed by atoms with Gasteiger partial charge in [0.15, 0.2) is 0 Å². The summed E-state index contributed by atoms with van der Waals surface area (Å²) in [6, 6.07) is 15.0. The number of fused-ring (bicyclic) bond motifs is 2. The van der Waals surface area contributed by atoms with E-state index in [-0.39, 0.29) is 50.1 Å². The van der Waals surface area contributed by atoms with E-state index in [4.69, 9.17) is 28.9 Å². The Hall–Kier alpha value is -3.90. The lowest BCUT2D eigenvalue weighted by Crippen LogP contribution is -2.69. The minimum Gasteiger partial charge on any atom is -0.492 e. The largest absolute Gasteiger partial charge is 0.492 e. The van der Waals surface area contributed by atoms with Gasteiger partial charge >= 0.3 is 6.09 Å². The van der Waals surface area contributed by atoms with Gasteiger partial charge < -0.3 is 38.9 Å². The molecule has 2 aromatic rings. The van der Waals surface area contributed by atoms with Crippen LogP contribution in [-0.4, -0.2) is 103 Å². The number of rotatable bonds is 20. The van der Waals surface area contributed by atoms with Crippen molar-refractivity contribution in [2.45, 2.75) is 76.2 Å². The summed E-state index contributed by atoms with van der Waals surface area (Å²) in [6.07, 6.45) is 8.76. The summed E-state index contributed by atoms with van der Waals surface area (Å²) < 4.78 is 26.3. The second-order valence-corrected chi connectivity index (χ2v) is 14.5. The standard InChI is InChI=1S/C42H57N3O8/c1-4-24-51-42-38(44(3)41(48)50-29-30-13-7-6-8-14-30)28-36(43-52-5-2)34-26-31(15-9-11-22-46)33(16-10-12-23-47)39(40(34)42)35-27-32(17-18-37(35)53-42)49-25-21-45-19-20-45/h4,6-8,13-14,17-18,26-27,31,33,38-40,46-47H,1,5,9-12,15-16,19-25,28-29H2,2-3H3/t31-,33+,38-,39+,40+,42+/m0/s1. The predicted molar refractivity (Wildman–Crippen MR) is 203 cm³/mol. The van der Waals surface area contributed by atoms with Gasteiger partial charge in [0.1, 0.15) is 37.4 Å². The zero-order valence-corrected chi connectivity index (χ0v) is 31.4. The van der Waals surface area contributed by atoms with E-state index in [1.165, 1.54) is 0 Å². The molecular formula is C42H57N3O8. The number of hydrogen-bond donors (Lipinski definition) is 2. The van der Waals surface area contributed by atoms with Gasteiger partial charge in [0.2, 0.25) is 5.79 Å². The van der Waals surface area contributed by atoms with E-state index in [1.807, 2.05) is 49.4 Å². The summed E-state index contributed by atoms with van der Waals surface area (Å²) in [4.78, 5) is 23.7. The Labute approximate surface area is 314 Å². The SMILES string of the molecule is C=CCO[C@@]12Oc3ccc(OCCN4CC4)cc3[C@H]3[C@H](CCCCO)[C@@H](CCCCO)C=C(C(=NOCC)C[C@@H]1N(C)C(=O)OCc1ccccc1)[C@H]32. The number of hydrogen-bond acceptors (Lipinski definition) is 10. The molecule has 0 radical (unpaired) electrons. The number of aliphatic hydroxyl groups is 2. The van der Waals surface area contributed by atoms with Crippen LogP contribution in [0.15, 0.2) is 78.0 Å². The van der Waals surface area contributed by atoms with E-state index in [1.54, 1.807) is 18.0 Å². The van der Waals surface area contributed by atoms with Crippen molar-refractivity contribution in [3.63, 3.8) is 0 Å². The van der Waals surface area contributed by atoms with Crippen LogP contribution in [0.3, 0.4) is 0 Å². The summed E-state index contributed by atoms with van der Waals surface area (Å²) in [7, 11) is 1.74. The van der Waals surface area contributed by atoms with Crippen LogP contribution in [0.1, 0.15) is 68.9 Å². The molecule has 0 aromatic heterocycles. The lowest BCUT2D eigenvalue weighted by Gasteiger charge is -2.59. The number of benzene rings is 2. The number of carbonyl (C=O) groups is 1. The Morgan fingerprint density at radius 2 is 1.87 bits per heavy atom. The lowest BCUT2D eigenvalue weighted by atomic mass is 9.55. The summed E-state index contributed by atoms with van der Waals surface area (Å²) >= 11 is 0. The van der Waals surface area contributed by atoms with Crippen LogP contribution in [0, 0.1) is 17.8 Å². The first-order valence-corrected chi connectivity index (χ1v) is 19.4. The molecule has 2 aliphatic carbocycles. The molecule has 0 bridgehead atoms. The first kappa shape index (κ1) is 38.8. The minimum atomic E-state index is -1.32. The molecule has 0 unspecified atom stereocenters. The smallest absolute Gasteiger partial charge is 0.410 e. The van der Waals surface area contributed by atoms with E-state index in [0.29, 0.717) is 31.8 Å². The molecule has 2 aromatic carbocycles. The number of aliphatic hydroxyl groups excluding tert-OH is 2. The minimum absolute atomic E-state index is 0.111. The zero-order valence-electron chi connectivity index (χ0n) is 31.4. The molecular weight excluding hydrogens is 674 g/mol. The first-order chi connectivity index (χ1) is 25.9. The summed E-state index contributed by atoms with van der Waals surface area (Å²) in [5.41, 5.74) is 3.68. The molecule has 2 heterocycles. The van der Waals surface area contributed by atoms with Crippen molar-refractivity contribution in [1.29, 1.82) is 0 Å². The molecule has 4 aliphatic rings. The Balaban J connectivity index is 1.48. The topological polar surface area (TPSA) is 122 Å². The third-order valence-corrected chi connectivity index (χ3v) is 11.1. The van der Waals surface area contributed by atoms with E-state index in [2.05, 4.69) is 23.6 Å². The number of allylic oxidation sites excluding steroid dienone is 1. The van der Waals surface area contributed by atoms with Crippen LogP contribution in [0.25, 0.3) is 0 Å². The van der Waals surface area contributed by atoms with Gasteiger partial charge in [-0.15, -0.1) is 6.58 Å². The van der Waals surface area contributed by atoms with E-state index >= 15 is 0 Å². The van der Waals surface area contributed by atoms with Crippen molar-refractivity contribution in [3.05, 3.63) is 84.0 Å². The van der Waals surface area contributed by atoms with Crippen molar-refractivity contribution >= 4 is 11.8 Å². The number of ether oxygens (including phenoxy) is 4. The van der Waals surface area contributed by atoms with E-state index in [9.17, 15) is 15.0 Å². The highest BCUT2D eigenvalue weighted by atomic mass is 16.7. The number of carbonyl (C=O) groups excluding carboxylic acids is 1. The number of oxime groups is 1. The van der Waals surface area contributed by atoms with Gasteiger partial charge in [0.25, 0.3) is 0 Å².